The van der Waals surface area contributed by atoms with E-state index in [9.17, 15) is 0 Å². The summed E-state index contributed by atoms with van der Waals surface area (Å²) < 4.78 is 5.97. The van der Waals surface area contributed by atoms with Crippen molar-refractivity contribution in [3.63, 3.8) is 0 Å². The molecule has 0 aliphatic heterocycles. The van der Waals surface area contributed by atoms with E-state index in [1.807, 2.05) is 25.3 Å². The second kappa shape index (κ2) is 6.69. The number of hydrogen-bond acceptors (Lipinski definition) is 4. The number of nitrogens with zero attached hydrogens (tertiary/aromatic N) is 1. The second-order valence-corrected chi connectivity index (χ2v) is 4.09. The molecule has 0 bridgehead atoms. The van der Waals surface area contributed by atoms with E-state index < -0.39 is 0 Å². The Hall–Kier alpha value is -0.970. The first-order valence-corrected chi connectivity index (χ1v) is 6.24. The van der Waals surface area contributed by atoms with Crippen molar-refractivity contribution in [2.24, 2.45) is 5.84 Å². The molecule has 0 saturated carbocycles. The summed E-state index contributed by atoms with van der Waals surface area (Å²) in [5.74, 6) is 5.71. The Morgan fingerprint density at radius 2 is 2.12 bits per heavy atom. The summed E-state index contributed by atoms with van der Waals surface area (Å²) in [5.41, 5.74) is 3.67. The summed E-state index contributed by atoms with van der Waals surface area (Å²) in [6.07, 6.45) is 5.41. The lowest BCUT2D eigenvalue weighted by Gasteiger charge is -2.39. The van der Waals surface area contributed by atoms with Gasteiger partial charge in [-0.15, -0.1) is 0 Å². The maximum atomic E-state index is 5.97. The Morgan fingerprint density at radius 1 is 1.41 bits per heavy atom. The van der Waals surface area contributed by atoms with E-state index in [4.69, 9.17) is 10.6 Å². The van der Waals surface area contributed by atoms with Crippen LogP contribution in [-0.2, 0) is 4.74 Å². The van der Waals surface area contributed by atoms with Crippen LogP contribution in [0, 0.1) is 0 Å². The number of nitrogens with one attached hydrogen (secondary N) is 1. The van der Waals surface area contributed by atoms with Crippen LogP contribution in [0.25, 0.3) is 0 Å². The molecule has 1 heterocycles. The van der Waals surface area contributed by atoms with Gasteiger partial charge in [-0.25, -0.2) is 0 Å². The van der Waals surface area contributed by atoms with Crippen LogP contribution in [0.15, 0.2) is 24.5 Å². The van der Waals surface area contributed by atoms with Gasteiger partial charge < -0.3 is 4.74 Å². The molecule has 1 aromatic rings. The summed E-state index contributed by atoms with van der Waals surface area (Å²) in [6.45, 7) is 6.94. The number of pyridine rings is 1. The maximum Gasteiger partial charge on any atom is 0.0884 e. The van der Waals surface area contributed by atoms with E-state index in [1.54, 1.807) is 6.20 Å². The van der Waals surface area contributed by atoms with Gasteiger partial charge in [0.05, 0.1) is 11.6 Å². The van der Waals surface area contributed by atoms with E-state index >= 15 is 0 Å². The van der Waals surface area contributed by atoms with Gasteiger partial charge in [-0.1, -0.05) is 19.9 Å². The minimum atomic E-state index is -0.271. The van der Waals surface area contributed by atoms with Crippen molar-refractivity contribution >= 4 is 0 Å². The highest BCUT2D eigenvalue weighted by Crippen LogP contribution is 2.34. The first-order chi connectivity index (χ1) is 8.24. The molecule has 17 heavy (non-hydrogen) atoms. The Morgan fingerprint density at radius 3 is 2.53 bits per heavy atom. The number of nitrogens with two attached hydrogens (primary N) is 1. The van der Waals surface area contributed by atoms with Crippen LogP contribution in [0.5, 0.6) is 0 Å². The predicted octanol–water partition coefficient (Wildman–Crippen LogP) is 2.18. The van der Waals surface area contributed by atoms with Crippen molar-refractivity contribution in [3.05, 3.63) is 30.1 Å². The van der Waals surface area contributed by atoms with Gasteiger partial charge in [0.1, 0.15) is 0 Å². The van der Waals surface area contributed by atoms with Crippen molar-refractivity contribution in [1.29, 1.82) is 0 Å². The van der Waals surface area contributed by atoms with Gasteiger partial charge in [-0.3, -0.25) is 16.3 Å². The Labute approximate surface area is 104 Å². The van der Waals surface area contributed by atoms with E-state index in [0.717, 1.165) is 18.4 Å². The quantitative estimate of drug-likeness (QED) is 0.563. The molecule has 0 fully saturated rings. The van der Waals surface area contributed by atoms with Gasteiger partial charge in [0.15, 0.2) is 0 Å². The lowest BCUT2D eigenvalue weighted by molar-refractivity contribution is -0.0734. The third kappa shape index (κ3) is 3.03. The number of hydrazine groups is 1. The van der Waals surface area contributed by atoms with E-state index in [0.29, 0.717) is 6.61 Å². The molecule has 4 heteroatoms. The van der Waals surface area contributed by atoms with Crippen LogP contribution in [-0.4, -0.2) is 17.2 Å². The molecule has 0 amide bonds. The lowest BCUT2D eigenvalue weighted by Crippen LogP contribution is -2.48. The van der Waals surface area contributed by atoms with Gasteiger partial charge >= 0.3 is 0 Å². The maximum absolute atomic E-state index is 5.97. The standard InChI is InChI=1S/C13H23N3O/c1-4-13(5-2,17-6-3)12(16-14)11-8-7-9-15-10-11/h7-10,12,16H,4-6,14H2,1-3H3. The average Bonchev–Trinajstić information content (AvgIpc) is 2.39. The molecular formula is C13H23N3O. The first-order valence-electron chi connectivity index (χ1n) is 6.24. The molecule has 0 spiro atoms. The molecule has 96 valence electrons. The molecule has 0 aromatic carbocycles. The molecule has 0 radical (unpaired) electrons. The number of ether oxygens (including phenoxy) is 1. The van der Waals surface area contributed by atoms with Crippen LogP contribution in [0.4, 0.5) is 0 Å². The minimum Gasteiger partial charge on any atom is -0.373 e. The van der Waals surface area contributed by atoms with Crippen molar-refractivity contribution in [3.8, 4) is 0 Å². The molecule has 1 unspecified atom stereocenters. The molecular weight excluding hydrogens is 214 g/mol. The highest BCUT2D eigenvalue weighted by molar-refractivity contribution is 5.18. The SMILES string of the molecule is CCOC(CC)(CC)C(NN)c1cccnc1. The van der Waals surface area contributed by atoms with E-state index in [2.05, 4.69) is 24.3 Å². The summed E-state index contributed by atoms with van der Waals surface area (Å²) in [7, 11) is 0. The van der Waals surface area contributed by atoms with Crippen molar-refractivity contribution in [1.82, 2.24) is 10.4 Å². The number of aromatic nitrogens is 1. The predicted molar refractivity (Wildman–Crippen MR) is 69.2 cm³/mol. The molecule has 1 rings (SSSR count). The monoisotopic (exact) mass is 237 g/mol. The molecule has 0 saturated heterocycles. The van der Waals surface area contributed by atoms with E-state index in [-0.39, 0.29) is 11.6 Å². The van der Waals surface area contributed by atoms with E-state index in [1.165, 1.54) is 0 Å². The first kappa shape index (κ1) is 14.1. The highest BCUT2D eigenvalue weighted by Gasteiger charge is 2.37. The van der Waals surface area contributed by atoms with Crippen molar-refractivity contribution in [2.75, 3.05) is 6.61 Å². The van der Waals surface area contributed by atoms with Crippen LogP contribution >= 0.6 is 0 Å². The molecule has 3 N–H and O–H groups in total. The van der Waals surface area contributed by atoms with Gasteiger partial charge in [-0.05, 0) is 31.4 Å². The third-order valence-electron chi connectivity index (χ3n) is 3.34. The van der Waals surface area contributed by atoms with Crippen LogP contribution in [0.2, 0.25) is 0 Å². The zero-order chi connectivity index (χ0) is 12.7. The Kier molecular flexibility index (Phi) is 5.55. The molecule has 0 aliphatic carbocycles. The van der Waals surface area contributed by atoms with Gasteiger partial charge in [0.2, 0.25) is 0 Å². The van der Waals surface area contributed by atoms with Crippen LogP contribution < -0.4 is 11.3 Å². The topological polar surface area (TPSA) is 60.2 Å². The summed E-state index contributed by atoms with van der Waals surface area (Å²) in [6, 6.07) is 3.91. The normalized spacial score (nSPS) is 13.6. The summed E-state index contributed by atoms with van der Waals surface area (Å²) >= 11 is 0. The number of hydrogen-bond donors (Lipinski definition) is 2. The van der Waals surface area contributed by atoms with Gasteiger partial charge in [0.25, 0.3) is 0 Å². The fourth-order valence-corrected chi connectivity index (χ4v) is 2.33. The molecule has 4 nitrogen and oxygen atoms in total. The third-order valence-corrected chi connectivity index (χ3v) is 3.34. The van der Waals surface area contributed by atoms with Crippen molar-refractivity contribution < 1.29 is 4.74 Å². The largest absolute Gasteiger partial charge is 0.373 e. The van der Waals surface area contributed by atoms with Gasteiger partial charge in [-0.2, -0.15) is 0 Å². The van der Waals surface area contributed by atoms with Crippen LogP contribution in [0.1, 0.15) is 45.2 Å². The summed E-state index contributed by atoms with van der Waals surface area (Å²) in [4.78, 5) is 4.14. The minimum absolute atomic E-state index is 0.0360. The summed E-state index contributed by atoms with van der Waals surface area (Å²) in [5, 5.41) is 0. The second-order valence-electron chi connectivity index (χ2n) is 4.09. The molecule has 1 atom stereocenters. The van der Waals surface area contributed by atoms with Crippen LogP contribution in [0.3, 0.4) is 0 Å². The zero-order valence-corrected chi connectivity index (χ0v) is 10.9. The van der Waals surface area contributed by atoms with Crippen molar-refractivity contribution in [2.45, 2.75) is 45.3 Å². The molecule has 1 aromatic heterocycles. The average molecular weight is 237 g/mol. The molecule has 0 aliphatic rings. The zero-order valence-electron chi connectivity index (χ0n) is 10.9. The fraction of sp³-hybridized carbons (Fsp3) is 0.615. The smallest absolute Gasteiger partial charge is 0.0884 e. The fourth-order valence-electron chi connectivity index (χ4n) is 2.33. The Balaban J connectivity index is 3.05. The highest BCUT2D eigenvalue weighted by atomic mass is 16.5. The lowest BCUT2D eigenvalue weighted by atomic mass is 9.84. The Bertz CT molecular complexity index is 312. The van der Waals surface area contributed by atoms with Gasteiger partial charge in [0, 0.05) is 19.0 Å². The number of rotatable bonds is 7.